The molecular formula is C13H21NO7. The van der Waals surface area contributed by atoms with Crippen LogP contribution in [0, 0.1) is 11.8 Å². The van der Waals surface area contributed by atoms with Crippen molar-refractivity contribution in [1.29, 1.82) is 0 Å². The molecule has 8 nitrogen and oxygen atoms in total. The summed E-state index contributed by atoms with van der Waals surface area (Å²) in [4.78, 5) is 36.0. The topological polar surface area (TPSA) is 113 Å². The first-order chi connectivity index (χ1) is 9.56. The molecule has 0 aromatic rings. The maximum atomic E-state index is 12.0. The van der Waals surface area contributed by atoms with E-state index in [2.05, 4.69) is 4.74 Å². The van der Waals surface area contributed by atoms with Crippen LogP contribution in [-0.2, 0) is 19.1 Å². The van der Waals surface area contributed by atoms with Gasteiger partial charge in [-0.25, -0.2) is 4.79 Å². The number of carbonyl (C=O) groups is 3. The third-order valence-corrected chi connectivity index (χ3v) is 3.13. The predicted octanol–water partition coefficient (Wildman–Crippen LogP) is 0.0880. The number of hydrogen-bond acceptors (Lipinski definition) is 6. The van der Waals surface area contributed by atoms with E-state index in [9.17, 15) is 19.5 Å². The first kappa shape index (κ1) is 17.2. The maximum Gasteiger partial charge on any atom is 0.410 e. The van der Waals surface area contributed by atoms with Crippen LogP contribution in [0.3, 0.4) is 0 Å². The van der Waals surface area contributed by atoms with E-state index in [1.807, 2.05) is 0 Å². The van der Waals surface area contributed by atoms with Crippen molar-refractivity contribution in [2.75, 3.05) is 20.2 Å². The Labute approximate surface area is 122 Å². The van der Waals surface area contributed by atoms with Crippen LogP contribution in [0.25, 0.3) is 0 Å². The van der Waals surface area contributed by atoms with Gasteiger partial charge < -0.3 is 24.6 Å². The number of piperidine rings is 1. The minimum absolute atomic E-state index is 0.146. The van der Waals surface area contributed by atoms with E-state index in [4.69, 9.17) is 9.84 Å². The molecule has 1 fully saturated rings. The highest BCUT2D eigenvalue weighted by atomic mass is 16.6. The van der Waals surface area contributed by atoms with Crippen LogP contribution in [-0.4, -0.2) is 65.0 Å². The van der Waals surface area contributed by atoms with Crippen molar-refractivity contribution in [3.05, 3.63) is 0 Å². The van der Waals surface area contributed by atoms with Crippen molar-refractivity contribution in [2.24, 2.45) is 11.8 Å². The number of aliphatic carboxylic acids is 1. The van der Waals surface area contributed by atoms with Gasteiger partial charge in [0.05, 0.1) is 13.2 Å². The second-order valence-corrected chi connectivity index (χ2v) is 5.95. The summed E-state index contributed by atoms with van der Waals surface area (Å²) in [5.74, 6) is -4.43. The lowest BCUT2D eigenvalue weighted by Gasteiger charge is -2.38. The van der Waals surface area contributed by atoms with Gasteiger partial charge in [-0.15, -0.1) is 0 Å². The Morgan fingerprint density at radius 3 is 2.10 bits per heavy atom. The Bertz CT molecular complexity index is 429. The van der Waals surface area contributed by atoms with E-state index in [-0.39, 0.29) is 13.1 Å². The zero-order valence-corrected chi connectivity index (χ0v) is 12.5. The molecule has 1 aliphatic rings. The van der Waals surface area contributed by atoms with Crippen LogP contribution in [0.2, 0.25) is 0 Å². The quantitative estimate of drug-likeness (QED) is 0.695. The maximum absolute atomic E-state index is 12.0. The number of ether oxygens (including phenoxy) is 2. The smallest absolute Gasteiger partial charge is 0.410 e. The Kier molecular flexibility index (Phi) is 5.16. The molecule has 1 rings (SSSR count). The molecule has 0 bridgehead atoms. The average molecular weight is 303 g/mol. The fourth-order valence-electron chi connectivity index (χ4n) is 2.11. The summed E-state index contributed by atoms with van der Waals surface area (Å²) in [6, 6.07) is 0. The first-order valence-corrected chi connectivity index (χ1v) is 6.53. The van der Waals surface area contributed by atoms with Crippen LogP contribution in [0.5, 0.6) is 0 Å². The predicted molar refractivity (Wildman–Crippen MR) is 70.4 cm³/mol. The van der Waals surface area contributed by atoms with E-state index in [1.165, 1.54) is 0 Å². The molecule has 8 heteroatoms. The number of rotatable bonds is 2. The molecule has 0 aromatic carbocycles. The molecule has 0 spiro atoms. The molecule has 0 saturated carbocycles. The van der Waals surface area contributed by atoms with Crippen LogP contribution < -0.4 is 0 Å². The minimum Gasteiger partial charge on any atom is -0.481 e. The molecule has 0 aromatic heterocycles. The highest BCUT2D eigenvalue weighted by Crippen LogP contribution is 2.25. The lowest BCUT2D eigenvalue weighted by molar-refractivity contribution is -0.162. The summed E-state index contributed by atoms with van der Waals surface area (Å²) in [5.41, 5.74) is -0.743. The molecule has 0 aliphatic carbocycles. The van der Waals surface area contributed by atoms with E-state index in [1.54, 1.807) is 20.8 Å². The number of aliphatic hydroxyl groups is 1. The number of hydrogen-bond donors (Lipinski definition) is 2. The number of carbonyl (C=O) groups excluding carboxylic acids is 2. The molecule has 1 amide bonds. The SMILES string of the molecule is COC(=O)[C@@H]1CN(C(=O)OC(C)(C)C)C[C@H](C(=O)O)[C@H]1O. The van der Waals surface area contributed by atoms with Crippen LogP contribution in [0.4, 0.5) is 4.79 Å². The number of aliphatic hydroxyl groups excluding tert-OH is 1. The van der Waals surface area contributed by atoms with Gasteiger partial charge in [-0.1, -0.05) is 0 Å². The summed E-state index contributed by atoms with van der Waals surface area (Å²) in [6.07, 6.45) is -2.14. The number of carboxylic acid groups (broad SMARTS) is 1. The number of methoxy groups -OCH3 is 1. The average Bonchev–Trinajstić information content (AvgIpc) is 2.35. The third kappa shape index (κ3) is 4.32. The van der Waals surface area contributed by atoms with E-state index < -0.39 is 41.6 Å². The van der Waals surface area contributed by atoms with Gasteiger partial charge >= 0.3 is 18.0 Å². The largest absolute Gasteiger partial charge is 0.481 e. The summed E-state index contributed by atoms with van der Waals surface area (Å²) >= 11 is 0. The van der Waals surface area contributed by atoms with Crippen molar-refractivity contribution >= 4 is 18.0 Å². The Hall–Kier alpha value is -1.83. The van der Waals surface area contributed by atoms with Gasteiger partial charge in [0, 0.05) is 13.1 Å². The second-order valence-electron chi connectivity index (χ2n) is 5.95. The molecule has 21 heavy (non-hydrogen) atoms. The van der Waals surface area contributed by atoms with Gasteiger partial charge in [-0.3, -0.25) is 9.59 Å². The molecule has 120 valence electrons. The Morgan fingerprint density at radius 1 is 1.14 bits per heavy atom. The number of carboxylic acids is 1. The fraction of sp³-hybridized carbons (Fsp3) is 0.769. The summed E-state index contributed by atoms with van der Waals surface area (Å²) in [7, 11) is 1.14. The van der Waals surface area contributed by atoms with Gasteiger partial charge in [-0.05, 0) is 20.8 Å². The Morgan fingerprint density at radius 2 is 1.67 bits per heavy atom. The fourth-order valence-corrected chi connectivity index (χ4v) is 2.11. The molecule has 0 radical (unpaired) electrons. The van der Waals surface area contributed by atoms with Crippen LogP contribution in [0.15, 0.2) is 0 Å². The standard InChI is InChI=1S/C13H21NO7/c1-13(2,3)21-12(19)14-5-7(10(16)17)9(15)8(6-14)11(18)20-4/h7-9,15H,5-6H2,1-4H3,(H,16,17)/t7-,8+,9+/m0/s1. The van der Waals surface area contributed by atoms with Gasteiger partial charge in [-0.2, -0.15) is 0 Å². The first-order valence-electron chi connectivity index (χ1n) is 6.53. The second kappa shape index (κ2) is 6.30. The highest BCUT2D eigenvalue weighted by Gasteiger charge is 2.45. The van der Waals surface area contributed by atoms with Gasteiger partial charge in [0.15, 0.2) is 0 Å². The lowest BCUT2D eigenvalue weighted by Crippen LogP contribution is -2.56. The summed E-state index contributed by atoms with van der Waals surface area (Å²) < 4.78 is 9.71. The minimum atomic E-state index is -1.41. The van der Waals surface area contributed by atoms with E-state index in [0.717, 1.165) is 12.0 Å². The normalized spacial score (nSPS) is 26.1. The van der Waals surface area contributed by atoms with Crippen molar-refractivity contribution in [3.8, 4) is 0 Å². The number of esters is 1. The zero-order valence-electron chi connectivity index (χ0n) is 12.5. The lowest BCUT2D eigenvalue weighted by atomic mass is 9.86. The molecule has 1 heterocycles. The summed E-state index contributed by atoms with van der Waals surface area (Å²) in [6.45, 7) is 4.66. The van der Waals surface area contributed by atoms with Crippen LogP contribution in [0.1, 0.15) is 20.8 Å². The number of likely N-dealkylation sites (tertiary alicyclic amines) is 1. The van der Waals surface area contributed by atoms with Crippen molar-refractivity contribution < 1.29 is 34.1 Å². The zero-order chi connectivity index (χ0) is 16.4. The molecule has 0 unspecified atom stereocenters. The monoisotopic (exact) mass is 303 g/mol. The Balaban J connectivity index is 2.94. The van der Waals surface area contributed by atoms with Gasteiger partial charge in [0.1, 0.15) is 17.4 Å². The van der Waals surface area contributed by atoms with Crippen molar-refractivity contribution in [3.63, 3.8) is 0 Å². The van der Waals surface area contributed by atoms with Gasteiger partial charge in [0.2, 0.25) is 0 Å². The van der Waals surface area contributed by atoms with Gasteiger partial charge in [0.25, 0.3) is 0 Å². The van der Waals surface area contributed by atoms with E-state index in [0.29, 0.717) is 0 Å². The van der Waals surface area contributed by atoms with Crippen molar-refractivity contribution in [1.82, 2.24) is 4.90 Å². The highest BCUT2D eigenvalue weighted by molar-refractivity contribution is 5.79. The molecule has 2 N–H and O–H groups in total. The molecule has 3 atom stereocenters. The van der Waals surface area contributed by atoms with Crippen LogP contribution >= 0.6 is 0 Å². The van der Waals surface area contributed by atoms with E-state index >= 15 is 0 Å². The number of nitrogens with zero attached hydrogens (tertiary/aromatic N) is 1. The molecule has 1 saturated heterocycles. The molecule has 1 aliphatic heterocycles. The number of amides is 1. The molecular weight excluding hydrogens is 282 g/mol. The third-order valence-electron chi connectivity index (χ3n) is 3.13. The van der Waals surface area contributed by atoms with Crippen molar-refractivity contribution in [2.45, 2.75) is 32.5 Å². The summed E-state index contributed by atoms with van der Waals surface area (Å²) in [5, 5.41) is 19.1.